The molecule has 0 heterocycles. The molecule has 0 spiro atoms. The maximum Gasteiger partial charge on any atom is 0.320 e. The highest BCUT2D eigenvalue weighted by atomic mass is 16.4. The highest BCUT2D eigenvalue weighted by Crippen LogP contribution is 2.10. The summed E-state index contributed by atoms with van der Waals surface area (Å²) in [7, 11) is 0. The molecule has 40 heavy (non-hydrogen) atoms. The van der Waals surface area contributed by atoms with Crippen molar-refractivity contribution < 1.29 is 54.3 Å². The summed E-state index contributed by atoms with van der Waals surface area (Å²) in [5.74, 6) is -6.99. The van der Waals surface area contributed by atoms with Gasteiger partial charge < -0.3 is 42.3 Å². The van der Waals surface area contributed by atoms with Gasteiger partial charge in [-0.05, 0) is 19.3 Å². The van der Waals surface area contributed by atoms with E-state index in [4.69, 9.17) is 31.9 Å². The van der Waals surface area contributed by atoms with Crippen molar-refractivity contribution in [1.82, 2.24) is 20.0 Å². The maximum atomic E-state index is 12.3. The minimum atomic E-state index is -1.32. The van der Waals surface area contributed by atoms with Crippen LogP contribution in [-0.2, 0) is 28.8 Å². The van der Waals surface area contributed by atoms with Gasteiger partial charge in [-0.3, -0.25) is 48.5 Å². The third-order valence-corrected chi connectivity index (χ3v) is 5.41. The molecule has 18 nitrogen and oxygen atoms in total. The number of aliphatic carboxylic acids is 5. The Labute approximate surface area is 230 Å². The highest BCUT2D eigenvalue weighted by molar-refractivity contribution is 5.78. The molecule has 0 rings (SSSR count). The molecule has 10 N–H and O–H groups in total. The first-order valence-electron chi connectivity index (χ1n) is 12.3. The molecule has 1 atom stereocenters. The fourth-order valence-corrected chi connectivity index (χ4v) is 3.65. The number of aliphatic imine (C=N–C) groups is 1. The summed E-state index contributed by atoms with van der Waals surface area (Å²) < 4.78 is 0. The van der Waals surface area contributed by atoms with Crippen LogP contribution in [0.4, 0.5) is 0 Å². The summed E-state index contributed by atoms with van der Waals surface area (Å²) in [5.41, 5.74) is 10.5. The number of carbonyl (C=O) groups is 6. The van der Waals surface area contributed by atoms with Gasteiger partial charge in [0.1, 0.15) is 6.04 Å². The molecule has 0 fully saturated rings. The Balaban J connectivity index is 5.46. The van der Waals surface area contributed by atoms with E-state index in [0.717, 1.165) is 9.80 Å². The van der Waals surface area contributed by atoms with Crippen LogP contribution in [0.1, 0.15) is 25.7 Å². The Kier molecular flexibility index (Phi) is 17.9. The average Bonchev–Trinajstić information content (AvgIpc) is 2.80. The van der Waals surface area contributed by atoms with Gasteiger partial charge in [-0.2, -0.15) is 0 Å². The van der Waals surface area contributed by atoms with Crippen molar-refractivity contribution in [3.63, 3.8) is 0 Å². The lowest BCUT2D eigenvalue weighted by Gasteiger charge is -2.32. The zero-order valence-corrected chi connectivity index (χ0v) is 22.1. The van der Waals surface area contributed by atoms with Crippen molar-refractivity contribution in [1.29, 1.82) is 0 Å². The fourth-order valence-electron chi connectivity index (χ4n) is 3.65. The summed E-state index contributed by atoms with van der Waals surface area (Å²) in [4.78, 5) is 76.2. The fraction of sp³-hybridized carbons (Fsp3) is 0.682. The van der Waals surface area contributed by atoms with Gasteiger partial charge in [0, 0.05) is 45.7 Å². The van der Waals surface area contributed by atoms with E-state index in [1.54, 1.807) is 0 Å². The first-order chi connectivity index (χ1) is 18.7. The van der Waals surface area contributed by atoms with Crippen molar-refractivity contribution in [3.05, 3.63) is 0 Å². The number of carbonyl (C=O) groups excluding carboxylic acids is 1. The first-order valence-corrected chi connectivity index (χ1v) is 12.3. The molecule has 0 aliphatic heterocycles. The number of amides is 1. The monoisotopic (exact) mass is 577 g/mol. The number of nitrogens with one attached hydrogen (secondary N) is 1. The van der Waals surface area contributed by atoms with Crippen LogP contribution < -0.4 is 16.8 Å². The predicted octanol–water partition coefficient (Wildman–Crippen LogP) is -3.37. The minimum Gasteiger partial charge on any atom is -0.480 e. The molecule has 0 aromatic heterocycles. The number of carboxylic acid groups (broad SMARTS) is 5. The maximum absolute atomic E-state index is 12.3. The normalized spacial score (nSPS) is 11.8. The van der Waals surface area contributed by atoms with Crippen LogP contribution in [0.5, 0.6) is 0 Å². The molecule has 0 radical (unpaired) electrons. The highest BCUT2D eigenvalue weighted by Gasteiger charge is 2.28. The third-order valence-electron chi connectivity index (χ3n) is 5.41. The van der Waals surface area contributed by atoms with E-state index < -0.39 is 68.0 Å². The summed E-state index contributed by atoms with van der Waals surface area (Å²) in [6.07, 6.45) is 0.813. The van der Waals surface area contributed by atoms with Crippen molar-refractivity contribution >= 4 is 41.7 Å². The van der Waals surface area contributed by atoms with Crippen LogP contribution in [0.25, 0.3) is 0 Å². The molecule has 18 heteroatoms. The van der Waals surface area contributed by atoms with Crippen LogP contribution in [0.15, 0.2) is 4.99 Å². The summed E-state index contributed by atoms with van der Waals surface area (Å²) in [5, 5.41) is 48.8. The lowest BCUT2D eigenvalue weighted by atomic mass is 10.1. The molecule has 0 saturated heterocycles. The molecule has 0 bridgehead atoms. The van der Waals surface area contributed by atoms with Crippen LogP contribution in [0.2, 0.25) is 0 Å². The van der Waals surface area contributed by atoms with Gasteiger partial charge in [-0.25, -0.2) is 0 Å². The number of guanidine groups is 1. The summed E-state index contributed by atoms with van der Waals surface area (Å²) in [6.45, 7) is -2.50. The number of unbranched alkanes of at least 4 members (excludes halogenated alkanes) is 1. The van der Waals surface area contributed by atoms with Crippen LogP contribution >= 0.6 is 0 Å². The second-order valence-electron chi connectivity index (χ2n) is 8.79. The predicted molar refractivity (Wildman–Crippen MR) is 139 cm³/mol. The molecule has 1 amide bonds. The second-order valence-corrected chi connectivity index (χ2v) is 8.79. The van der Waals surface area contributed by atoms with Crippen molar-refractivity contribution in [2.45, 2.75) is 31.7 Å². The number of nitrogens with two attached hydrogens (primary N) is 2. The molecule has 1 unspecified atom stereocenters. The molecule has 0 aromatic rings. The zero-order chi connectivity index (χ0) is 30.7. The van der Waals surface area contributed by atoms with Crippen molar-refractivity contribution in [3.8, 4) is 0 Å². The average molecular weight is 578 g/mol. The van der Waals surface area contributed by atoms with E-state index in [1.165, 1.54) is 4.90 Å². The quantitative estimate of drug-likeness (QED) is 0.0315. The molecule has 0 saturated carbocycles. The second kappa shape index (κ2) is 20.0. The first kappa shape index (κ1) is 36.0. The van der Waals surface area contributed by atoms with Crippen LogP contribution in [-0.4, -0.2) is 153 Å². The van der Waals surface area contributed by atoms with E-state index in [1.807, 2.05) is 0 Å². The molecule has 0 aromatic carbocycles. The molecule has 228 valence electrons. The van der Waals surface area contributed by atoms with Crippen LogP contribution in [0, 0.1) is 0 Å². The van der Waals surface area contributed by atoms with Gasteiger partial charge in [0.25, 0.3) is 0 Å². The zero-order valence-electron chi connectivity index (χ0n) is 22.1. The smallest absolute Gasteiger partial charge is 0.320 e. The van der Waals surface area contributed by atoms with E-state index in [2.05, 4.69) is 10.3 Å². The number of hydrogen-bond donors (Lipinski definition) is 8. The van der Waals surface area contributed by atoms with Gasteiger partial charge in [0.15, 0.2) is 5.96 Å². The van der Waals surface area contributed by atoms with E-state index in [9.17, 15) is 33.9 Å². The van der Waals surface area contributed by atoms with Gasteiger partial charge in [-0.15, -0.1) is 0 Å². The minimum absolute atomic E-state index is 0.0450. The number of carboxylic acids is 5. The van der Waals surface area contributed by atoms with Crippen molar-refractivity contribution in [2.75, 3.05) is 65.4 Å². The van der Waals surface area contributed by atoms with E-state index in [-0.39, 0.29) is 45.0 Å². The lowest BCUT2D eigenvalue weighted by Crippen LogP contribution is -2.50. The Morgan fingerprint density at radius 3 is 1.52 bits per heavy atom. The van der Waals surface area contributed by atoms with Crippen LogP contribution in [0.3, 0.4) is 0 Å². The lowest BCUT2D eigenvalue weighted by molar-refractivity contribution is -0.146. The molecule has 0 aliphatic carbocycles. The number of rotatable bonds is 24. The standard InChI is InChI=1S/C22H39N7O11/c23-22(24)26-6-2-1-5-25-16(30)4-3-15(21(39)40)29(9-7-27(11-17(31)32)12-18(33)34)10-8-28(13-19(35)36)14-20(37)38/h15H,1-14H2,(H,25,30)(H,31,32)(H,33,34)(H,35,36)(H,37,38)(H,39,40)(H4,23,24,26). The molecule has 0 aliphatic rings. The van der Waals surface area contributed by atoms with E-state index in [0.29, 0.717) is 25.9 Å². The van der Waals surface area contributed by atoms with E-state index >= 15 is 0 Å². The Morgan fingerprint density at radius 2 is 1.15 bits per heavy atom. The third kappa shape index (κ3) is 19.1. The summed E-state index contributed by atoms with van der Waals surface area (Å²) >= 11 is 0. The largest absolute Gasteiger partial charge is 0.480 e. The van der Waals surface area contributed by atoms with Gasteiger partial charge in [0.2, 0.25) is 5.91 Å². The van der Waals surface area contributed by atoms with Gasteiger partial charge in [-0.1, -0.05) is 0 Å². The topological polar surface area (TPSA) is 290 Å². The number of hydrogen-bond acceptors (Lipinski definition) is 10. The Morgan fingerprint density at radius 1 is 0.700 bits per heavy atom. The number of nitrogens with zero attached hydrogens (tertiary/aromatic N) is 4. The van der Waals surface area contributed by atoms with Crippen molar-refractivity contribution in [2.24, 2.45) is 16.5 Å². The van der Waals surface area contributed by atoms with Gasteiger partial charge in [0.05, 0.1) is 26.2 Å². The molecular weight excluding hydrogens is 538 g/mol. The molecular formula is C22H39N7O11. The Bertz CT molecular complexity index is 824. The summed E-state index contributed by atoms with van der Waals surface area (Å²) in [6, 6.07) is -1.29. The van der Waals surface area contributed by atoms with Gasteiger partial charge >= 0.3 is 29.8 Å². The Hall–Kier alpha value is -4.03. The SMILES string of the molecule is NC(N)=NCCCCNC(=O)CCC(C(=O)O)N(CCN(CC(=O)O)CC(=O)O)CCN(CC(=O)O)CC(=O)O.